The molecule has 0 bridgehead atoms. The van der Waals surface area contributed by atoms with Crippen molar-refractivity contribution in [3.8, 4) is 22.4 Å². The van der Waals surface area contributed by atoms with E-state index in [9.17, 15) is 4.79 Å². The third kappa shape index (κ3) is 3.29. The Kier molecular flexibility index (Phi) is 4.47. The van der Waals surface area contributed by atoms with E-state index in [4.69, 9.17) is 4.74 Å². The largest absolute Gasteiger partial charge is 0.465 e. The summed E-state index contributed by atoms with van der Waals surface area (Å²) < 4.78 is 6.70. The molecule has 3 aromatic rings. The molecule has 0 saturated heterocycles. The summed E-state index contributed by atoms with van der Waals surface area (Å²) in [6.45, 7) is 2.22. The average Bonchev–Trinajstić information content (AvgIpc) is 3.00. The molecule has 5 nitrogen and oxygen atoms in total. The summed E-state index contributed by atoms with van der Waals surface area (Å²) in [5.41, 5.74) is 3.77. The van der Waals surface area contributed by atoms with Crippen LogP contribution in [0.5, 0.6) is 0 Å². The van der Waals surface area contributed by atoms with Gasteiger partial charge >= 0.3 is 5.97 Å². The van der Waals surface area contributed by atoms with E-state index in [2.05, 4.69) is 10.1 Å². The highest BCUT2D eigenvalue weighted by Gasteiger charge is 2.17. The minimum Gasteiger partial charge on any atom is -0.465 e. The van der Waals surface area contributed by atoms with Crippen LogP contribution in [0.25, 0.3) is 22.4 Å². The van der Waals surface area contributed by atoms with Crippen LogP contribution in [0, 0.1) is 0 Å². The summed E-state index contributed by atoms with van der Waals surface area (Å²) >= 11 is 0. The molecule has 0 aliphatic carbocycles. The normalized spacial score (nSPS) is 10.5. The molecule has 5 heteroatoms. The molecule has 0 radical (unpaired) electrons. The molecule has 1 aromatic carbocycles. The van der Waals surface area contributed by atoms with Crippen molar-refractivity contribution in [1.82, 2.24) is 14.8 Å². The van der Waals surface area contributed by atoms with Crippen molar-refractivity contribution in [2.45, 2.75) is 13.5 Å². The minimum absolute atomic E-state index is 0.0743. The van der Waals surface area contributed by atoms with E-state index < -0.39 is 0 Å². The van der Waals surface area contributed by atoms with Crippen molar-refractivity contribution in [3.63, 3.8) is 0 Å². The van der Waals surface area contributed by atoms with Gasteiger partial charge in [-0.25, -0.2) is 0 Å². The number of carbonyl (C=O) groups is 1. The van der Waals surface area contributed by atoms with E-state index in [-0.39, 0.29) is 12.5 Å². The molecule has 2 aromatic heterocycles. The standard InChI is InChI=1S/C18H17N3O2/c1-2-23-17(22)13-21-18(15-9-6-10-19-11-15)16(12-20-21)14-7-4-3-5-8-14/h3-12H,2,13H2,1H3. The molecule has 0 fully saturated rings. The van der Waals surface area contributed by atoms with Crippen molar-refractivity contribution in [1.29, 1.82) is 0 Å². The van der Waals surface area contributed by atoms with Crippen LogP contribution in [0.2, 0.25) is 0 Å². The van der Waals surface area contributed by atoms with Gasteiger partial charge in [-0.3, -0.25) is 14.5 Å². The average molecular weight is 307 g/mol. The molecule has 0 atom stereocenters. The Morgan fingerprint density at radius 1 is 1.09 bits per heavy atom. The van der Waals surface area contributed by atoms with Crippen LogP contribution in [0.1, 0.15) is 6.92 Å². The molecule has 0 aliphatic rings. The number of hydrogen-bond donors (Lipinski definition) is 0. The van der Waals surface area contributed by atoms with Crippen LogP contribution < -0.4 is 0 Å². The SMILES string of the molecule is CCOC(=O)Cn1ncc(-c2ccccc2)c1-c1cccnc1. The summed E-state index contributed by atoms with van der Waals surface area (Å²) in [6.07, 6.45) is 5.26. The Hall–Kier alpha value is -2.95. The number of carbonyl (C=O) groups excluding carboxylic acids is 1. The Bertz CT molecular complexity index is 783. The van der Waals surface area contributed by atoms with Crippen LogP contribution in [-0.4, -0.2) is 27.3 Å². The van der Waals surface area contributed by atoms with Gasteiger partial charge in [0.1, 0.15) is 6.54 Å². The highest BCUT2D eigenvalue weighted by Crippen LogP contribution is 2.31. The number of benzene rings is 1. The topological polar surface area (TPSA) is 57.0 Å². The maximum atomic E-state index is 11.8. The lowest BCUT2D eigenvalue weighted by Crippen LogP contribution is -2.15. The summed E-state index contributed by atoms with van der Waals surface area (Å²) in [4.78, 5) is 16.0. The predicted molar refractivity (Wildman–Crippen MR) is 87.5 cm³/mol. The minimum atomic E-state index is -0.305. The van der Waals surface area contributed by atoms with Crippen LogP contribution in [0.3, 0.4) is 0 Å². The number of aromatic nitrogens is 3. The van der Waals surface area contributed by atoms with Crippen LogP contribution >= 0.6 is 0 Å². The molecule has 0 unspecified atom stereocenters. The summed E-state index contributed by atoms with van der Waals surface area (Å²) in [5, 5.41) is 4.38. The lowest BCUT2D eigenvalue weighted by molar-refractivity contribution is -0.144. The number of esters is 1. The van der Waals surface area contributed by atoms with Gasteiger partial charge in [0.05, 0.1) is 18.5 Å². The second-order valence-electron chi connectivity index (χ2n) is 4.98. The first-order chi connectivity index (χ1) is 11.3. The monoisotopic (exact) mass is 307 g/mol. The van der Waals surface area contributed by atoms with Gasteiger partial charge in [0, 0.05) is 23.5 Å². The van der Waals surface area contributed by atoms with Crippen molar-refractivity contribution >= 4 is 5.97 Å². The van der Waals surface area contributed by atoms with E-state index in [1.165, 1.54) is 0 Å². The number of pyridine rings is 1. The molecular formula is C18H17N3O2. The number of hydrogen-bond acceptors (Lipinski definition) is 4. The van der Waals surface area contributed by atoms with E-state index in [1.807, 2.05) is 42.5 Å². The second-order valence-corrected chi connectivity index (χ2v) is 4.98. The molecular weight excluding hydrogens is 290 g/mol. The fourth-order valence-corrected chi connectivity index (χ4v) is 2.47. The van der Waals surface area contributed by atoms with E-state index in [1.54, 1.807) is 30.2 Å². The molecule has 0 spiro atoms. The molecule has 3 rings (SSSR count). The molecule has 116 valence electrons. The smallest absolute Gasteiger partial charge is 0.327 e. The number of ether oxygens (including phenoxy) is 1. The van der Waals surface area contributed by atoms with E-state index >= 15 is 0 Å². The van der Waals surface area contributed by atoms with Crippen LogP contribution in [0.15, 0.2) is 61.1 Å². The van der Waals surface area contributed by atoms with Gasteiger partial charge in [0.15, 0.2) is 0 Å². The lowest BCUT2D eigenvalue weighted by atomic mass is 10.0. The Morgan fingerprint density at radius 3 is 2.57 bits per heavy atom. The fraction of sp³-hybridized carbons (Fsp3) is 0.167. The maximum Gasteiger partial charge on any atom is 0.327 e. The van der Waals surface area contributed by atoms with E-state index in [0.717, 1.165) is 22.4 Å². The van der Waals surface area contributed by atoms with Crippen LogP contribution in [-0.2, 0) is 16.1 Å². The second kappa shape index (κ2) is 6.87. The summed E-state index contributed by atoms with van der Waals surface area (Å²) in [7, 11) is 0. The quantitative estimate of drug-likeness (QED) is 0.679. The van der Waals surface area contributed by atoms with Gasteiger partial charge in [0.2, 0.25) is 0 Å². The van der Waals surface area contributed by atoms with Gasteiger partial charge in [-0.2, -0.15) is 5.10 Å². The van der Waals surface area contributed by atoms with Crippen molar-refractivity contribution in [2.24, 2.45) is 0 Å². The first kappa shape index (κ1) is 15.0. The molecule has 2 heterocycles. The lowest BCUT2D eigenvalue weighted by Gasteiger charge is -2.09. The van der Waals surface area contributed by atoms with Gasteiger partial charge in [-0.1, -0.05) is 30.3 Å². The molecule has 23 heavy (non-hydrogen) atoms. The van der Waals surface area contributed by atoms with Gasteiger partial charge in [-0.15, -0.1) is 0 Å². The highest BCUT2D eigenvalue weighted by atomic mass is 16.5. The predicted octanol–water partition coefficient (Wildman–Crippen LogP) is 3.18. The van der Waals surface area contributed by atoms with Gasteiger partial charge in [-0.05, 0) is 24.6 Å². The molecule has 0 aliphatic heterocycles. The number of nitrogens with zero attached hydrogens (tertiary/aromatic N) is 3. The Labute approximate surface area is 134 Å². The Morgan fingerprint density at radius 2 is 1.87 bits per heavy atom. The van der Waals surface area contributed by atoms with Crippen molar-refractivity contribution < 1.29 is 9.53 Å². The maximum absolute atomic E-state index is 11.8. The fourth-order valence-electron chi connectivity index (χ4n) is 2.47. The molecule has 0 amide bonds. The zero-order valence-electron chi connectivity index (χ0n) is 12.8. The Balaban J connectivity index is 2.07. The molecule has 0 saturated carbocycles. The third-order valence-electron chi connectivity index (χ3n) is 3.44. The first-order valence-electron chi connectivity index (χ1n) is 7.47. The van der Waals surface area contributed by atoms with Gasteiger partial charge < -0.3 is 4.74 Å². The van der Waals surface area contributed by atoms with E-state index in [0.29, 0.717) is 6.61 Å². The van der Waals surface area contributed by atoms with Crippen molar-refractivity contribution in [3.05, 3.63) is 61.1 Å². The van der Waals surface area contributed by atoms with Crippen molar-refractivity contribution in [2.75, 3.05) is 6.61 Å². The summed E-state index contributed by atoms with van der Waals surface area (Å²) in [6, 6.07) is 13.8. The zero-order chi connectivity index (χ0) is 16.1. The van der Waals surface area contributed by atoms with Gasteiger partial charge in [0.25, 0.3) is 0 Å². The van der Waals surface area contributed by atoms with Crippen LogP contribution in [0.4, 0.5) is 0 Å². The zero-order valence-corrected chi connectivity index (χ0v) is 12.8. The first-order valence-corrected chi connectivity index (χ1v) is 7.47. The third-order valence-corrected chi connectivity index (χ3v) is 3.44. The highest BCUT2D eigenvalue weighted by molar-refractivity contribution is 5.81. The number of rotatable bonds is 5. The molecule has 0 N–H and O–H groups in total. The summed E-state index contributed by atoms with van der Waals surface area (Å²) in [5.74, 6) is -0.305.